The number of alkyl halides is 3. The molecule has 0 unspecified atom stereocenters. The number of amides is 2. The van der Waals surface area contributed by atoms with Gasteiger partial charge < -0.3 is 14.6 Å². The SMILES string of the molecule is C[C@](O)(CC(=O)NNC(=O)c1ccc2c(c1)OCO2)C(F)(F)F. The van der Waals surface area contributed by atoms with Gasteiger partial charge in [0, 0.05) is 5.56 Å². The van der Waals surface area contributed by atoms with E-state index >= 15 is 0 Å². The number of hydrogen-bond donors (Lipinski definition) is 3. The van der Waals surface area contributed by atoms with Crippen molar-refractivity contribution in [2.75, 3.05) is 6.79 Å². The largest absolute Gasteiger partial charge is 0.454 e. The third-order valence-electron chi connectivity index (χ3n) is 3.07. The van der Waals surface area contributed by atoms with E-state index in [9.17, 15) is 27.9 Å². The average Bonchev–Trinajstić information content (AvgIpc) is 2.90. The number of carbonyl (C=O) groups is 2. The highest BCUT2D eigenvalue weighted by Crippen LogP contribution is 2.33. The molecule has 0 aliphatic carbocycles. The van der Waals surface area contributed by atoms with Crippen LogP contribution in [0.15, 0.2) is 18.2 Å². The van der Waals surface area contributed by atoms with Crippen LogP contribution < -0.4 is 20.3 Å². The lowest BCUT2D eigenvalue weighted by Crippen LogP contribution is -2.49. The molecule has 7 nitrogen and oxygen atoms in total. The molecule has 0 spiro atoms. The fraction of sp³-hybridized carbons (Fsp3) is 0.385. The van der Waals surface area contributed by atoms with E-state index < -0.39 is 30.0 Å². The maximum absolute atomic E-state index is 12.4. The van der Waals surface area contributed by atoms with Crippen LogP contribution >= 0.6 is 0 Å². The Morgan fingerprint density at radius 1 is 1.22 bits per heavy atom. The van der Waals surface area contributed by atoms with Crippen LogP contribution in [0.3, 0.4) is 0 Å². The quantitative estimate of drug-likeness (QED) is 0.713. The van der Waals surface area contributed by atoms with Gasteiger partial charge in [-0.2, -0.15) is 13.2 Å². The molecule has 0 radical (unpaired) electrons. The molecule has 1 aromatic rings. The standard InChI is InChI=1S/C13H13F3N2O5/c1-12(21,13(14,15)16)5-10(19)17-18-11(20)7-2-3-8-9(4-7)23-6-22-8/h2-4,21H,5-6H2,1H3,(H,17,19)(H,18,20)/t12-/m0/s1. The third-order valence-corrected chi connectivity index (χ3v) is 3.07. The minimum Gasteiger partial charge on any atom is -0.454 e. The van der Waals surface area contributed by atoms with Crippen molar-refractivity contribution < 1.29 is 37.3 Å². The predicted octanol–water partition coefficient (Wildman–Crippen LogP) is 0.880. The van der Waals surface area contributed by atoms with Gasteiger partial charge in [0.25, 0.3) is 5.91 Å². The van der Waals surface area contributed by atoms with Crippen LogP contribution in [-0.2, 0) is 4.79 Å². The zero-order chi connectivity index (χ0) is 17.3. The van der Waals surface area contributed by atoms with Gasteiger partial charge in [0.15, 0.2) is 17.1 Å². The number of rotatable bonds is 3. The molecule has 0 bridgehead atoms. The van der Waals surface area contributed by atoms with Crippen molar-refractivity contribution >= 4 is 11.8 Å². The van der Waals surface area contributed by atoms with Gasteiger partial charge in [0.1, 0.15) is 0 Å². The first-order chi connectivity index (χ1) is 10.6. The van der Waals surface area contributed by atoms with Gasteiger partial charge in [-0.3, -0.25) is 20.4 Å². The summed E-state index contributed by atoms with van der Waals surface area (Å²) in [5.41, 5.74) is 0.671. The first-order valence-electron chi connectivity index (χ1n) is 6.38. The molecule has 2 amide bonds. The van der Waals surface area contributed by atoms with Crippen LogP contribution in [0.1, 0.15) is 23.7 Å². The van der Waals surface area contributed by atoms with Crippen molar-refractivity contribution in [3.63, 3.8) is 0 Å². The summed E-state index contributed by atoms with van der Waals surface area (Å²) in [7, 11) is 0. The van der Waals surface area contributed by atoms with E-state index in [1.165, 1.54) is 18.2 Å². The molecule has 0 saturated carbocycles. The second kappa shape index (κ2) is 5.95. The van der Waals surface area contributed by atoms with E-state index in [4.69, 9.17) is 9.47 Å². The first kappa shape index (κ1) is 16.9. The van der Waals surface area contributed by atoms with E-state index in [0.717, 1.165) is 0 Å². The minimum atomic E-state index is -4.97. The van der Waals surface area contributed by atoms with Gasteiger partial charge in [-0.15, -0.1) is 0 Å². The number of hydrazine groups is 1. The number of fused-ring (bicyclic) bond motifs is 1. The van der Waals surface area contributed by atoms with E-state index in [1.54, 1.807) is 5.43 Å². The van der Waals surface area contributed by atoms with E-state index in [0.29, 0.717) is 18.4 Å². The Kier molecular flexibility index (Phi) is 4.37. The van der Waals surface area contributed by atoms with Gasteiger partial charge in [-0.25, -0.2) is 0 Å². The molecular formula is C13H13F3N2O5. The second-order valence-electron chi connectivity index (χ2n) is 5.02. The van der Waals surface area contributed by atoms with Crippen molar-refractivity contribution in [1.82, 2.24) is 10.9 Å². The van der Waals surface area contributed by atoms with Gasteiger partial charge in [-0.05, 0) is 25.1 Å². The molecule has 2 rings (SSSR count). The van der Waals surface area contributed by atoms with Crippen molar-refractivity contribution in [3.05, 3.63) is 23.8 Å². The number of ether oxygens (including phenoxy) is 2. The summed E-state index contributed by atoms with van der Waals surface area (Å²) in [4.78, 5) is 23.2. The van der Waals surface area contributed by atoms with Crippen LogP contribution in [0.25, 0.3) is 0 Å². The van der Waals surface area contributed by atoms with E-state index in [2.05, 4.69) is 0 Å². The van der Waals surface area contributed by atoms with Crippen LogP contribution in [0, 0.1) is 0 Å². The lowest BCUT2D eigenvalue weighted by molar-refractivity contribution is -0.253. The highest BCUT2D eigenvalue weighted by molar-refractivity contribution is 5.96. The van der Waals surface area contributed by atoms with Crippen molar-refractivity contribution in [2.24, 2.45) is 0 Å². The predicted molar refractivity (Wildman–Crippen MR) is 69.5 cm³/mol. The summed E-state index contributed by atoms with van der Waals surface area (Å²) < 4.78 is 47.5. The number of hydrogen-bond acceptors (Lipinski definition) is 5. The van der Waals surface area contributed by atoms with Crippen molar-refractivity contribution in [2.45, 2.75) is 25.1 Å². The van der Waals surface area contributed by atoms with Crippen LogP contribution in [-0.4, -0.2) is 35.5 Å². The maximum Gasteiger partial charge on any atom is 0.417 e. The number of carbonyl (C=O) groups excluding carboxylic acids is 2. The summed E-state index contributed by atoms with van der Waals surface area (Å²) >= 11 is 0. The summed E-state index contributed by atoms with van der Waals surface area (Å²) in [6.07, 6.45) is -6.22. The Hall–Kier alpha value is -2.49. The summed E-state index contributed by atoms with van der Waals surface area (Å²) in [6.45, 7) is 0.482. The van der Waals surface area contributed by atoms with Crippen LogP contribution in [0.2, 0.25) is 0 Å². The molecule has 1 aliphatic rings. The molecule has 0 aromatic heterocycles. The number of nitrogens with one attached hydrogen (secondary N) is 2. The lowest BCUT2D eigenvalue weighted by atomic mass is 10.0. The monoisotopic (exact) mass is 334 g/mol. The van der Waals surface area contributed by atoms with E-state index in [1.807, 2.05) is 5.43 Å². The number of aliphatic hydroxyl groups is 1. The fourth-order valence-corrected chi connectivity index (χ4v) is 1.69. The Morgan fingerprint density at radius 2 is 1.87 bits per heavy atom. The minimum absolute atomic E-state index is 0.0175. The Morgan fingerprint density at radius 3 is 2.52 bits per heavy atom. The Labute approximate surface area is 128 Å². The second-order valence-corrected chi connectivity index (χ2v) is 5.02. The first-order valence-corrected chi connectivity index (χ1v) is 6.38. The van der Waals surface area contributed by atoms with Crippen molar-refractivity contribution in [1.29, 1.82) is 0 Å². The van der Waals surface area contributed by atoms with Crippen LogP contribution in [0.5, 0.6) is 11.5 Å². The normalized spacial score (nSPS) is 15.7. The maximum atomic E-state index is 12.4. The molecule has 0 fully saturated rings. The number of benzene rings is 1. The summed E-state index contributed by atoms with van der Waals surface area (Å²) in [6, 6.07) is 4.23. The highest BCUT2D eigenvalue weighted by Gasteiger charge is 2.51. The Balaban J connectivity index is 1.90. The van der Waals surface area contributed by atoms with Gasteiger partial charge in [0.05, 0.1) is 6.42 Å². The Bertz CT molecular complexity index is 631. The zero-order valence-corrected chi connectivity index (χ0v) is 11.9. The van der Waals surface area contributed by atoms with E-state index in [-0.39, 0.29) is 12.4 Å². The summed E-state index contributed by atoms with van der Waals surface area (Å²) in [5, 5.41) is 9.18. The summed E-state index contributed by atoms with van der Waals surface area (Å²) in [5.74, 6) is -1.17. The molecule has 1 atom stereocenters. The average molecular weight is 334 g/mol. The topological polar surface area (TPSA) is 96.9 Å². The molecule has 3 N–H and O–H groups in total. The fourth-order valence-electron chi connectivity index (χ4n) is 1.69. The molecular weight excluding hydrogens is 321 g/mol. The third kappa shape index (κ3) is 3.83. The van der Waals surface area contributed by atoms with Crippen molar-refractivity contribution in [3.8, 4) is 11.5 Å². The zero-order valence-electron chi connectivity index (χ0n) is 11.9. The molecule has 0 saturated heterocycles. The highest BCUT2D eigenvalue weighted by atomic mass is 19.4. The van der Waals surface area contributed by atoms with Gasteiger partial charge in [0.2, 0.25) is 12.7 Å². The smallest absolute Gasteiger partial charge is 0.417 e. The molecule has 126 valence electrons. The molecule has 1 aliphatic heterocycles. The lowest BCUT2D eigenvalue weighted by Gasteiger charge is -2.25. The molecule has 1 aromatic carbocycles. The van der Waals surface area contributed by atoms with Gasteiger partial charge >= 0.3 is 6.18 Å². The molecule has 1 heterocycles. The van der Waals surface area contributed by atoms with Crippen LogP contribution in [0.4, 0.5) is 13.2 Å². The van der Waals surface area contributed by atoms with Gasteiger partial charge in [-0.1, -0.05) is 0 Å². The molecule has 10 heteroatoms. The number of halogens is 3. The molecule has 23 heavy (non-hydrogen) atoms.